The highest BCUT2D eigenvalue weighted by Crippen LogP contribution is 2.45. The van der Waals surface area contributed by atoms with Gasteiger partial charge in [0, 0.05) is 25.2 Å². The van der Waals surface area contributed by atoms with E-state index in [2.05, 4.69) is 19.2 Å². The minimum absolute atomic E-state index is 0.0963. The van der Waals surface area contributed by atoms with Gasteiger partial charge in [-0.15, -0.1) is 0 Å². The number of hydrogen-bond acceptors (Lipinski definition) is 3. The first-order valence-electron chi connectivity index (χ1n) is 9.19. The van der Waals surface area contributed by atoms with Gasteiger partial charge >= 0.3 is 0 Å². The van der Waals surface area contributed by atoms with E-state index in [1.54, 1.807) is 4.90 Å². The third-order valence-corrected chi connectivity index (χ3v) is 5.89. The Balaban J connectivity index is 1.59. The Kier molecular flexibility index (Phi) is 4.87. The van der Waals surface area contributed by atoms with Crippen molar-refractivity contribution >= 4 is 17.5 Å². The number of benzene rings is 1. The number of hydrogen-bond donors (Lipinski definition) is 2. The highest BCUT2D eigenvalue weighted by molar-refractivity contribution is 5.95. The van der Waals surface area contributed by atoms with Crippen molar-refractivity contribution in [3.8, 4) is 0 Å². The Bertz CT molecular complexity index is 671. The van der Waals surface area contributed by atoms with E-state index < -0.39 is 5.60 Å². The van der Waals surface area contributed by atoms with Crippen LogP contribution in [0.4, 0.5) is 5.69 Å². The number of carbonyl (C=O) groups is 2. The van der Waals surface area contributed by atoms with E-state index in [9.17, 15) is 14.7 Å². The van der Waals surface area contributed by atoms with Crippen LogP contribution in [-0.4, -0.2) is 35.6 Å². The molecule has 1 saturated carbocycles. The van der Waals surface area contributed by atoms with E-state index in [-0.39, 0.29) is 23.7 Å². The molecule has 0 radical (unpaired) electrons. The van der Waals surface area contributed by atoms with Crippen molar-refractivity contribution in [2.45, 2.75) is 58.0 Å². The molecule has 1 heterocycles. The van der Waals surface area contributed by atoms with Gasteiger partial charge in [-0.25, -0.2) is 0 Å². The molecule has 1 saturated heterocycles. The second kappa shape index (κ2) is 6.79. The zero-order valence-electron chi connectivity index (χ0n) is 15.2. The molecule has 1 aliphatic carbocycles. The Morgan fingerprint density at radius 3 is 2.72 bits per heavy atom. The summed E-state index contributed by atoms with van der Waals surface area (Å²) in [5.74, 6) is 0.0494. The van der Waals surface area contributed by atoms with E-state index in [4.69, 9.17) is 0 Å². The van der Waals surface area contributed by atoms with Crippen molar-refractivity contribution in [1.29, 1.82) is 0 Å². The van der Waals surface area contributed by atoms with E-state index in [1.807, 2.05) is 24.3 Å². The van der Waals surface area contributed by atoms with Crippen LogP contribution in [0.15, 0.2) is 24.3 Å². The molecule has 0 bridgehead atoms. The first-order chi connectivity index (χ1) is 11.8. The molecule has 3 rings (SSSR count). The molecule has 1 atom stereocenters. The first-order valence-corrected chi connectivity index (χ1v) is 9.19. The Morgan fingerprint density at radius 2 is 2.08 bits per heavy atom. The number of aliphatic hydroxyl groups is 1. The Morgan fingerprint density at radius 1 is 1.28 bits per heavy atom. The van der Waals surface area contributed by atoms with E-state index in [0.717, 1.165) is 43.5 Å². The summed E-state index contributed by atoms with van der Waals surface area (Å²) >= 11 is 0. The lowest BCUT2D eigenvalue weighted by Gasteiger charge is -2.36. The fourth-order valence-electron chi connectivity index (χ4n) is 3.97. The number of nitrogens with zero attached hydrogens (tertiary/aromatic N) is 1. The van der Waals surface area contributed by atoms with Crippen LogP contribution in [0.25, 0.3) is 0 Å². The molecular formula is C20H28N2O3. The van der Waals surface area contributed by atoms with Crippen molar-refractivity contribution in [1.82, 2.24) is 5.32 Å². The highest BCUT2D eigenvalue weighted by atomic mass is 16.3. The van der Waals surface area contributed by atoms with Crippen LogP contribution in [0.3, 0.4) is 0 Å². The summed E-state index contributed by atoms with van der Waals surface area (Å²) in [6.45, 7) is 5.16. The molecule has 2 amide bonds. The van der Waals surface area contributed by atoms with Crippen molar-refractivity contribution in [3.05, 3.63) is 29.8 Å². The van der Waals surface area contributed by atoms with E-state index in [1.165, 1.54) is 0 Å². The Labute approximate surface area is 149 Å². The van der Waals surface area contributed by atoms with Crippen molar-refractivity contribution in [2.75, 3.05) is 18.0 Å². The largest absolute Gasteiger partial charge is 0.387 e. The number of carbonyl (C=O) groups excluding carboxylic acids is 2. The van der Waals surface area contributed by atoms with E-state index >= 15 is 0 Å². The van der Waals surface area contributed by atoms with Crippen LogP contribution in [0.1, 0.15) is 51.5 Å². The summed E-state index contributed by atoms with van der Waals surface area (Å²) in [5, 5.41) is 13.7. The summed E-state index contributed by atoms with van der Waals surface area (Å²) < 4.78 is 0. The van der Waals surface area contributed by atoms with Crippen LogP contribution >= 0.6 is 0 Å². The maximum absolute atomic E-state index is 12.3. The second-order valence-corrected chi connectivity index (χ2v) is 8.04. The fourth-order valence-corrected chi connectivity index (χ4v) is 3.97. The maximum atomic E-state index is 12.3. The molecular weight excluding hydrogens is 316 g/mol. The predicted molar refractivity (Wildman–Crippen MR) is 97.3 cm³/mol. The quantitative estimate of drug-likeness (QED) is 0.862. The van der Waals surface area contributed by atoms with Gasteiger partial charge in [-0.05, 0) is 48.8 Å². The lowest BCUT2D eigenvalue weighted by molar-refractivity contribution is -0.123. The van der Waals surface area contributed by atoms with Crippen molar-refractivity contribution in [3.63, 3.8) is 0 Å². The van der Waals surface area contributed by atoms with Crippen LogP contribution in [-0.2, 0) is 16.0 Å². The molecule has 0 aromatic heterocycles. The minimum Gasteiger partial charge on any atom is -0.387 e. The molecule has 25 heavy (non-hydrogen) atoms. The molecule has 2 fully saturated rings. The molecule has 5 heteroatoms. The summed E-state index contributed by atoms with van der Waals surface area (Å²) in [7, 11) is 0. The third kappa shape index (κ3) is 3.71. The first kappa shape index (κ1) is 17.9. The summed E-state index contributed by atoms with van der Waals surface area (Å²) in [6.07, 6.45) is 4.44. The number of nitrogens with one attached hydrogen (secondary N) is 1. The standard InChI is InChI=1S/C20H28N2O3/c1-19(2)9-5-10-20(19,25)14-21-17(23)13-15-6-3-7-16(12-15)22-11-4-8-18(22)24/h3,6-7,12,25H,4-5,8-11,13-14H2,1-2H3,(H,21,23). The summed E-state index contributed by atoms with van der Waals surface area (Å²) in [4.78, 5) is 26.0. The van der Waals surface area contributed by atoms with Crippen molar-refractivity contribution < 1.29 is 14.7 Å². The lowest BCUT2D eigenvalue weighted by atomic mass is 9.78. The average molecular weight is 344 g/mol. The molecule has 0 spiro atoms. The van der Waals surface area contributed by atoms with Gasteiger partial charge in [-0.1, -0.05) is 26.0 Å². The van der Waals surface area contributed by atoms with Gasteiger partial charge < -0.3 is 15.3 Å². The van der Waals surface area contributed by atoms with Crippen LogP contribution < -0.4 is 10.2 Å². The molecule has 5 nitrogen and oxygen atoms in total. The van der Waals surface area contributed by atoms with Gasteiger partial charge in [0.25, 0.3) is 0 Å². The van der Waals surface area contributed by atoms with E-state index in [0.29, 0.717) is 13.0 Å². The summed E-state index contributed by atoms with van der Waals surface area (Å²) in [6, 6.07) is 7.61. The molecule has 2 aliphatic rings. The van der Waals surface area contributed by atoms with Gasteiger partial charge in [0.05, 0.1) is 12.0 Å². The smallest absolute Gasteiger partial charge is 0.227 e. The zero-order valence-corrected chi connectivity index (χ0v) is 15.2. The normalized spacial score (nSPS) is 25.4. The highest BCUT2D eigenvalue weighted by Gasteiger charge is 2.47. The number of rotatable bonds is 5. The average Bonchev–Trinajstić information content (AvgIpc) is 3.09. The minimum atomic E-state index is -0.827. The van der Waals surface area contributed by atoms with Gasteiger partial charge in [0.15, 0.2) is 0 Å². The molecule has 2 N–H and O–H groups in total. The van der Waals surface area contributed by atoms with Gasteiger partial charge in [0.1, 0.15) is 0 Å². The number of amides is 2. The predicted octanol–water partition coefficient (Wildman–Crippen LogP) is 2.41. The molecule has 136 valence electrons. The third-order valence-electron chi connectivity index (χ3n) is 5.89. The maximum Gasteiger partial charge on any atom is 0.227 e. The number of anilines is 1. The van der Waals surface area contributed by atoms with Crippen LogP contribution in [0, 0.1) is 5.41 Å². The second-order valence-electron chi connectivity index (χ2n) is 8.04. The fraction of sp³-hybridized carbons (Fsp3) is 0.600. The molecule has 1 aromatic rings. The molecule has 1 aromatic carbocycles. The molecule has 1 aliphatic heterocycles. The SMILES string of the molecule is CC1(C)CCCC1(O)CNC(=O)Cc1cccc(N2CCCC2=O)c1. The lowest BCUT2D eigenvalue weighted by Crippen LogP contribution is -2.49. The molecule has 1 unspecified atom stereocenters. The van der Waals surface area contributed by atoms with Crippen LogP contribution in [0.2, 0.25) is 0 Å². The van der Waals surface area contributed by atoms with Gasteiger partial charge in [-0.3, -0.25) is 9.59 Å². The zero-order chi connectivity index (χ0) is 18.1. The topological polar surface area (TPSA) is 69.6 Å². The van der Waals surface area contributed by atoms with Gasteiger partial charge in [-0.2, -0.15) is 0 Å². The van der Waals surface area contributed by atoms with Crippen LogP contribution in [0.5, 0.6) is 0 Å². The van der Waals surface area contributed by atoms with Crippen molar-refractivity contribution in [2.24, 2.45) is 5.41 Å². The van der Waals surface area contributed by atoms with Gasteiger partial charge in [0.2, 0.25) is 11.8 Å². The Hall–Kier alpha value is -1.88. The monoisotopic (exact) mass is 344 g/mol. The summed E-state index contributed by atoms with van der Waals surface area (Å²) in [5.41, 5.74) is 0.749.